The third-order valence-electron chi connectivity index (χ3n) is 7.25. The molecule has 2 heterocycles. The van der Waals surface area contributed by atoms with Crippen LogP contribution in [-0.2, 0) is 6.42 Å². The van der Waals surface area contributed by atoms with Crippen LogP contribution in [0.2, 0.25) is 0 Å². The third kappa shape index (κ3) is 4.58. The van der Waals surface area contributed by atoms with Crippen molar-refractivity contribution >= 4 is 28.7 Å². The molecule has 1 saturated heterocycles. The minimum atomic E-state index is -0.935. The van der Waals surface area contributed by atoms with Crippen LogP contribution in [0.15, 0.2) is 60.9 Å². The molecule has 0 amide bonds. The minimum Gasteiger partial charge on any atom is -0.478 e. The number of benzene rings is 2. The standard InChI is InChI=1S/C28H32N4O2/c1-31(22-7-9-23(10-8-22)32-15-2-3-16-32)24-11-12-25-20(17-24)5-4-6-21(25)18-30-27-19-29-14-13-26(27)28(33)34/h7-14,17,19,21,30H,2-6,15-16,18H2,1H3,(H,33,34)/t21-/m0/s1. The van der Waals surface area contributed by atoms with Gasteiger partial charge in [-0.1, -0.05) is 6.07 Å². The SMILES string of the molecule is CN(c1ccc(N2CCCC2)cc1)c1ccc2c(c1)CCC[C@H]2CNc1cnccc1C(=O)O. The highest BCUT2D eigenvalue weighted by molar-refractivity contribution is 5.93. The number of hydrogen-bond acceptors (Lipinski definition) is 5. The lowest BCUT2D eigenvalue weighted by atomic mass is 9.82. The highest BCUT2D eigenvalue weighted by Crippen LogP contribution is 2.36. The van der Waals surface area contributed by atoms with E-state index in [1.165, 1.54) is 47.2 Å². The van der Waals surface area contributed by atoms with E-state index < -0.39 is 5.97 Å². The Morgan fingerprint density at radius 3 is 2.62 bits per heavy atom. The lowest BCUT2D eigenvalue weighted by Crippen LogP contribution is -2.20. The van der Waals surface area contributed by atoms with Gasteiger partial charge in [-0.3, -0.25) is 4.98 Å². The molecule has 2 aromatic carbocycles. The Balaban J connectivity index is 1.30. The number of pyridine rings is 1. The Morgan fingerprint density at radius 1 is 1.09 bits per heavy atom. The number of aromatic carboxylic acids is 1. The molecule has 34 heavy (non-hydrogen) atoms. The molecule has 2 N–H and O–H groups in total. The lowest BCUT2D eigenvalue weighted by molar-refractivity contribution is 0.0697. The van der Waals surface area contributed by atoms with Crippen molar-refractivity contribution in [1.82, 2.24) is 4.98 Å². The Kier molecular flexibility index (Phi) is 6.39. The summed E-state index contributed by atoms with van der Waals surface area (Å²) in [6.07, 6.45) is 9.00. The summed E-state index contributed by atoms with van der Waals surface area (Å²) in [6.45, 7) is 3.02. The summed E-state index contributed by atoms with van der Waals surface area (Å²) >= 11 is 0. The fraction of sp³-hybridized carbons (Fsp3) is 0.357. The van der Waals surface area contributed by atoms with Gasteiger partial charge in [-0.05, 0) is 85.7 Å². The number of carboxylic acids is 1. The number of carboxylic acid groups (broad SMARTS) is 1. The van der Waals surface area contributed by atoms with Crippen LogP contribution in [0.5, 0.6) is 0 Å². The molecular weight excluding hydrogens is 424 g/mol. The summed E-state index contributed by atoms with van der Waals surface area (Å²) in [6, 6.07) is 17.2. The van der Waals surface area contributed by atoms with E-state index in [1.54, 1.807) is 12.3 Å². The average molecular weight is 457 g/mol. The van der Waals surface area contributed by atoms with Crippen molar-refractivity contribution in [2.24, 2.45) is 0 Å². The number of nitrogens with one attached hydrogen (secondary N) is 1. The third-order valence-corrected chi connectivity index (χ3v) is 7.25. The number of nitrogens with zero attached hydrogens (tertiary/aromatic N) is 3. The van der Waals surface area contributed by atoms with E-state index in [0.29, 0.717) is 18.2 Å². The van der Waals surface area contributed by atoms with Crippen LogP contribution in [-0.4, -0.2) is 42.7 Å². The van der Waals surface area contributed by atoms with E-state index in [2.05, 4.69) is 69.6 Å². The maximum Gasteiger partial charge on any atom is 0.337 e. The monoisotopic (exact) mass is 456 g/mol. The molecule has 1 aliphatic heterocycles. The molecule has 1 aliphatic carbocycles. The zero-order valence-corrected chi connectivity index (χ0v) is 19.7. The topological polar surface area (TPSA) is 68.7 Å². The Hall–Kier alpha value is -3.54. The van der Waals surface area contributed by atoms with Crippen molar-refractivity contribution in [2.75, 3.05) is 41.8 Å². The molecule has 1 atom stereocenters. The molecule has 5 rings (SSSR count). The molecule has 1 aromatic heterocycles. The Bertz CT molecular complexity index is 1160. The smallest absolute Gasteiger partial charge is 0.337 e. The van der Waals surface area contributed by atoms with Gasteiger partial charge in [0.1, 0.15) is 0 Å². The van der Waals surface area contributed by atoms with Gasteiger partial charge < -0.3 is 20.2 Å². The summed E-state index contributed by atoms with van der Waals surface area (Å²) in [4.78, 5) is 20.3. The maximum absolute atomic E-state index is 11.5. The van der Waals surface area contributed by atoms with E-state index in [9.17, 15) is 9.90 Å². The van der Waals surface area contributed by atoms with E-state index in [-0.39, 0.29) is 5.56 Å². The Morgan fingerprint density at radius 2 is 1.85 bits per heavy atom. The zero-order valence-electron chi connectivity index (χ0n) is 19.7. The first-order valence-electron chi connectivity index (χ1n) is 12.2. The van der Waals surface area contributed by atoms with Gasteiger partial charge in [0.05, 0.1) is 17.4 Å². The van der Waals surface area contributed by atoms with Gasteiger partial charge in [-0.2, -0.15) is 0 Å². The number of anilines is 4. The molecule has 176 valence electrons. The highest BCUT2D eigenvalue weighted by atomic mass is 16.4. The van der Waals surface area contributed by atoms with Crippen LogP contribution in [0.1, 0.15) is 53.1 Å². The zero-order chi connectivity index (χ0) is 23.5. The van der Waals surface area contributed by atoms with E-state index in [1.807, 2.05) is 0 Å². The summed E-state index contributed by atoms with van der Waals surface area (Å²) in [7, 11) is 2.13. The first-order valence-corrected chi connectivity index (χ1v) is 12.2. The lowest BCUT2D eigenvalue weighted by Gasteiger charge is -2.29. The summed E-state index contributed by atoms with van der Waals surface area (Å²) in [5, 5.41) is 12.8. The molecule has 1 fully saturated rings. The van der Waals surface area contributed by atoms with Crippen LogP contribution in [0.25, 0.3) is 0 Å². The van der Waals surface area contributed by atoms with Crippen molar-refractivity contribution in [3.63, 3.8) is 0 Å². The fourth-order valence-corrected chi connectivity index (χ4v) is 5.29. The first kappa shape index (κ1) is 22.3. The van der Waals surface area contributed by atoms with Gasteiger partial charge in [-0.25, -0.2) is 4.79 Å². The molecule has 0 unspecified atom stereocenters. The second-order valence-electron chi connectivity index (χ2n) is 9.35. The predicted octanol–water partition coefficient (Wildman–Crippen LogP) is 5.68. The predicted molar refractivity (Wildman–Crippen MR) is 138 cm³/mol. The molecule has 0 bridgehead atoms. The quantitative estimate of drug-likeness (QED) is 0.477. The van der Waals surface area contributed by atoms with E-state index in [0.717, 1.165) is 32.4 Å². The maximum atomic E-state index is 11.5. The molecule has 2 aliphatic rings. The summed E-state index contributed by atoms with van der Waals surface area (Å²) in [5.41, 5.74) is 7.29. The highest BCUT2D eigenvalue weighted by Gasteiger charge is 2.22. The molecule has 0 saturated carbocycles. The Labute approximate surface area is 201 Å². The second-order valence-corrected chi connectivity index (χ2v) is 9.35. The molecular formula is C28H32N4O2. The largest absolute Gasteiger partial charge is 0.478 e. The number of fused-ring (bicyclic) bond motifs is 1. The number of aromatic nitrogens is 1. The van der Waals surface area contributed by atoms with Gasteiger partial charge >= 0.3 is 5.97 Å². The number of aryl methyl sites for hydroxylation is 1. The number of hydrogen-bond donors (Lipinski definition) is 2. The van der Waals surface area contributed by atoms with Crippen LogP contribution in [0.3, 0.4) is 0 Å². The summed E-state index contributed by atoms with van der Waals surface area (Å²) in [5.74, 6) is -0.584. The van der Waals surface area contributed by atoms with Crippen molar-refractivity contribution in [3.8, 4) is 0 Å². The van der Waals surface area contributed by atoms with Crippen molar-refractivity contribution in [2.45, 2.75) is 38.0 Å². The van der Waals surface area contributed by atoms with Gasteiger partial charge in [-0.15, -0.1) is 0 Å². The van der Waals surface area contributed by atoms with Gasteiger partial charge in [0.15, 0.2) is 0 Å². The van der Waals surface area contributed by atoms with E-state index >= 15 is 0 Å². The average Bonchev–Trinajstić information content (AvgIpc) is 3.42. The molecule has 0 spiro atoms. The van der Waals surface area contributed by atoms with Gasteiger partial charge in [0, 0.05) is 55.9 Å². The van der Waals surface area contributed by atoms with E-state index in [4.69, 9.17) is 0 Å². The second kappa shape index (κ2) is 9.75. The minimum absolute atomic E-state index is 0.263. The molecule has 0 radical (unpaired) electrons. The number of rotatable bonds is 7. The van der Waals surface area contributed by atoms with Crippen LogP contribution < -0.4 is 15.1 Å². The fourth-order valence-electron chi connectivity index (χ4n) is 5.29. The van der Waals surface area contributed by atoms with Crippen molar-refractivity contribution < 1.29 is 9.90 Å². The van der Waals surface area contributed by atoms with Crippen LogP contribution in [0, 0.1) is 0 Å². The van der Waals surface area contributed by atoms with Gasteiger partial charge in [0.25, 0.3) is 0 Å². The van der Waals surface area contributed by atoms with Crippen LogP contribution >= 0.6 is 0 Å². The normalized spacial score (nSPS) is 17.3. The summed E-state index contributed by atoms with van der Waals surface area (Å²) < 4.78 is 0. The first-order chi connectivity index (χ1) is 16.6. The molecule has 3 aromatic rings. The molecule has 6 heteroatoms. The molecule has 6 nitrogen and oxygen atoms in total. The number of carbonyl (C=O) groups is 1. The van der Waals surface area contributed by atoms with Crippen molar-refractivity contribution in [3.05, 3.63) is 77.6 Å². The van der Waals surface area contributed by atoms with Crippen LogP contribution in [0.4, 0.5) is 22.7 Å². The van der Waals surface area contributed by atoms with Gasteiger partial charge in [0.2, 0.25) is 0 Å². The van der Waals surface area contributed by atoms with Crippen molar-refractivity contribution in [1.29, 1.82) is 0 Å².